The molecule has 0 saturated heterocycles. The van der Waals surface area contributed by atoms with Crippen LogP contribution in [0.1, 0.15) is 16.8 Å². The fourth-order valence-electron chi connectivity index (χ4n) is 1.86. The van der Waals surface area contributed by atoms with Gasteiger partial charge in [-0.1, -0.05) is 17.7 Å². The number of nitrogens with zero attached hydrogens (tertiary/aromatic N) is 2. The molecule has 0 fully saturated rings. The van der Waals surface area contributed by atoms with E-state index in [1.165, 1.54) is 6.08 Å². The molecule has 110 valence electrons. The molecule has 0 unspecified atom stereocenters. The Morgan fingerprint density at radius 2 is 2.14 bits per heavy atom. The first-order valence-corrected chi connectivity index (χ1v) is 6.65. The van der Waals surface area contributed by atoms with Crippen molar-refractivity contribution in [2.24, 2.45) is 7.05 Å². The molecule has 6 heteroatoms. The third-order valence-corrected chi connectivity index (χ3v) is 3.35. The highest BCUT2D eigenvalue weighted by Gasteiger charge is 2.13. The topological polar surface area (TPSA) is 64.4 Å². The van der Waals surface area contributed by atoms with Gasteiger partial charge in [-0.05, 0) is 37.6 Å². The van der Waals surface area contributed by atoms with Crippen LogP contribution in [0.5, 0.6) is 11.6 Å². The molecule has 0 saturated carbocycles. The van der Waals surface area contributed by atoms with E-state index in [0.717, 1.165) is 17.3 Å². The average Bonchev–Trinajstić information content (AvgIpc) is 2.66. The van der Waals surface area contributed by atoms with Crippen molar-refractivity contribution in [2.75, 3.05) is 0 Å². The number of benzene rings is 1. The van der Waals surface area contributed by atoms with E-state index in [2.05, 4.69) is 5.10 Å². The molecule has 0 amide bonds. The first-order chi connectivity index (χ1) is 9.88. The Balaban J connectivity index is 2.35. The Kier molecular flexibility index (Phi) is 4.33. The maximum Gasteiger partial charge on any atom is 0.328 e. The summed E-state index contributed by atoms with van der Waals surface area (Å²) in [4.78, 5) is 10.6. The summed E-state index contributed by atoms with van der Waals surface area (Å²) in [5.74, 6) is 0.0505. The minimum Gasteiger partial charge on any atom is -0.478 e. The van der Waals surface area contributed by atoms with Crippen LogP contribution in [0.25, 0.3) is 6.08 Å². The van der Waals surface area contributed by atoms with Gasteiger partial charge in [-0.2, -0.15) is 5.10 Å². The summed E-state index contributed by atoms with van der Waals surface area (Å²) in [6.07, 6.45) is 2.54. The van der Waals surface area contributed by atoms with Gasteiger partial charge in [0, 0.05) is 18.7 Å². The number of halogens is 1. The first-order valence-electron chi connectivity index (χ1n) is 6.27. The van der Waals surface area contributed by atoms with Gasteiger partial charge < -0.3 is 9.84 Å². The molecule has 0 atom stereocenters. The molecule has 2 aromatic rings. The Hall–Kier alpha value is -2.27. The van der Waals surface area contributed by atoms with Gasteiger partial charge in [-0.15, -0.1) is 0 Å². The number of hydrogen-bond acceptors (Lipinski definition) is 3. The summed E-state index contributed by atoms with van der Waals surface area (Å²) in [5.41, 5.74) is 2.50. The van der Waals surface area contributed by atoms with E-state index in [1.807, 2.05) is 13.8 Å². The molecule has 21 heavy (non-hydrogen) atoms. The molecule has 1 N–H and O–H groups in total. The standard InChI is InChI=1S/C15H15ClN2O3/c1-9-10(2)17-18(3)15(9)21-13-8-11(4-6-12(13)16)5-7-14(19)20/h4-8H,1-3H3,(H,19,20). The molecule has 0 radical (unpaired) electrons. The number of aryl methyl sites for hydroxylation is 2. The lowest BCUT2D eigenvalue weighted by atomic mass is 10.2. The second-order valence-corrected chi connectivity index (χ2v) is 5.01. The van der Waals surface area contributed by atoms with Crippen molar-refractivity contribution in [1.82, 2.24) is 9.78 Å². The third kappa shape index (κ3) is 3.44. The Morgan fingerprint density at radius 3 is 2.71 bits per heavy atom. The van der Waals surface area contributed by atoms with E-state index in [1.54, 1.807) is 29.9 Å². The van der Waals surface area contributed by atoms with Crippen molar-refractivity contribution in [3.05, 3.63) is 46.1 Å². The molecular formula is C15H15ClN2O3. The lowest BCUT2D eigenvalue weighted by Crippen LogP contribution is -1.96. The lowest BCUT2D eigenvalue weighted by molar-refractivity contribution is -0.131. The van der Waals surface area contributed by atoms with E-state index >= 15 is 0 Å². The van der Waals surface area contributed by atoms with Gasteiger partial charge in [0.1, 0.15) is 5.75 Å². The Bertz CT molecular complexity index is 720. The van der Waals surface area contributed by atoms with Gasteiger partial charge in [-0.25, -0.2) is 9.48 Å². The van der Waals surface area contributed by atoms with E-state index < -0.39 is 5.97 Å². The van der Waals surface area contributed by atoms with Crippen LogP contribution < -0.4 is 4.74 Å². The maximum atomic E-state index is 10.6. The quantitative estimate of drug-likeness (QED) is 0.877. The largest absolute Gasteiger partial charge is 0.478 e. The van der Waals surface area contributed by atoms with Crippen LogP contribution in [0.4, 0.5) is 0 Å². The summed E-state index contributed by atoms with van der Waals surface area (Å²) in [6.45, 7) is 3.82. The SMILES string of the molecule is Cc1nn(C)c(Oc2cc(C=CC(=O)O)ccc2Cl)c1C. The number of rotatable bonds is 4. The zero-order valence-corrected chi connectivity index (χ0v) is 12.7. The van der Waals surface area contributed by atoms with Crippen LogP contribution in [0.2, 0.25) is 5.02 Å². The minimum atomic E-state index is -1.01. The number of carboxylic acids is 1. The van der Waals surface area contributed by atoms with Crippen molar-refractivity contribution in [3.8, 4) is 11.6 Å². The first kappa shape index (κ1) is 15.1. The fraction of sp³-hybridized carbons (Fsp3) is 0.200. The highest BCUT2D eigenvalue weighted by atomic mass is 35.5. The van der Waals surface area contributed by atoms with Gasteiger partial charge in [0.05, 0.1) is 10.7 Å². The second kappa shape index (κ2) is 6.01. The van der Waals surface area contributed by atoms with Gasteiger partial charge in [0.25, 0.3) is 0 Å². The lowest BCUT2D eigenvalue weighted by Gasteiger charge is -2.09. The number of carboxylic acid groups (broad SMARTS) is 1. The number of aliphatic carboxylic acids is 1. The Morgan fingerprint density at radius 1 is 1.43 bits per heavy atom. The number of aromatic nitrogens is 2. The molecule has 0 aliphatic rings. The van der Waals surface area contributed by atoms with Crippen LogP contribution in [0.3, 0.4) is 0 Å². The van der Waals surface area contributed by atoms with E-state index in [4.69, 9.17) is 21.4 Å². The molecule has 2 rings (SSSR count). The van der Waals surface area contributed by atoms with Crippen LogP contribution in [-0.2, 0) is 11.8 Å². The van der Waals surface area contributed by atoms with Gasteiger partial charge in [0.15, 0.2) is 0 Å². The molecule has 0 aliphatic carbocycles. The molecule has 1 aromatic heterocycles. The number of hydrogen-bond donors (Lipinski definition) is 1. The number of carbonyl (C=O) groups is 1. The molecule has 5 nitrogen and oxygen atoms in total. The summed E-state index contributed by atoms with van der Waals surface area (Å²) >= 11 is 6.13. The molecule has 0 aliphatic heterocycles. The monoisotopic (exact) mass is 306 g/mol. The second-order valence-electron chi connectivity index (χ2n) is 4.60. The summed E-state index contributed by atoms with van der Waals surface area (Å²) in [7, 11) is 1.79. The van der Waals surface area contributed by atoms with Crippen molar-refractivity contribution >= 4 is 23.6 Å². The van der Waals surface area contributed by atoms with E-state index in [-0.39, 0.29) is 0 Å². The van der Waals surface area contributed by atoms with Crippen molar-refractivity contribution < 1.29 is 14.6 Å². The molecule has 1 aromatic carbocycles. The molecule has 0 bridgehead atoms. The smallest absolute Gasteiger partial charge is 0.328 e. The van der Waals surface area contributed by atoms with E-state index in [9.17, 15) is 4.79 Å². The molecular weight excluding hydrogens is 292 g/mol. The van der Waals surface area contributed by atoms with Crippen LogP contribution >= 0.6 is 11.6 Å². The predicted octanol–water partition coefficient (Wildman–Crippen LogP) is 3.58. The fourth-order valence-corrected chi connectivity index (χ4v) is 2.02. The van der Waals surface area contributed by atoms with Crippen LogP contribution in [0, 0.1) is 13.8 Å². The maximum absolute atomic E-state index is 10.6. The zero-order valence-electron chi connectivity index (χ0n) is 11.9. The van der Waals surface area contributed by atoms with Crippen molar-refractivity contribution in [1.29, 1.82) is 0 Å². The van der Waals surface area contributed by atoms with Gasteiger partial charge >= 0.3 is 5.97 Å². The van der Waals surface area contributed by atoms with Gasteiger partial charge in [-0.3, -0.25) is 0 Å². The minimum absolute atomic E-state index is 0.445. The predicted molar refractivity (Wildman–Crippen MR) is 80.9 cm³/mol. The average molecular weight is 307 g/mol. The van der Waals surface area contributed by atoms with Crippen LogP contribution in [0.15, 0.2) is 24.3 Å². The van der Waals surface area contributed by atoms with Gasteiger partial charge in [0.2, 0.25) is 5.88 Å². The van der Waals surface area contributed by atoms with Crippen molar-refractivity contribution in [3.63, 3.8) is 0 Å². The summed E-state index contributed by atoms with van der Waals surface area (Å²) in [5, 5.41) is 13.4. The highest BCUT2D eigenvalue weighted by Crippen LogP contribution is 2.32. The Labute approximate surface area is 127 Å². The zero-order chi connectivity index (χ0) is 15.6. The molecule has 0 spiro atoms. The van der Waals surface area contributed by atoms with Crippen LogP contribution in [-0.4, -0.2) is 20.9 Å². The third-order valence-electron chi connectivity index (χ3n) is 3.04. The molecule has 1 heterocycles. The summed E-state index contributed by atoms with van der Waals surface area (Å²) in [6, 6.07) is 5.07. The summed E-state index contributed by atoms with van der Waals surface area (Å²) < 4.78 is 7.47. The van der Waals surface area contributed by atoms with E-state index in [0.29, 0.717) is 22.2 Å². The van der Waals surface area contributed by atoms with Crippen molar-refractivity contribution in [2.45, 2.75) is 13.8 Å². The highest BCUT2D eigenvalue weighted by molar-refractivity contribution is 6.32. The normalized spacial score (nSPS) is 11.0. The number of ether oxygens (including phenoxy) is 1.